The van der Waals surface area contributed by atoms with E-state index in [4.69, 9.17) is 11.6 Å². The van der Waals surface area contributed by atoms with Crippen molar-refractivity contribution in [3.63, 3.8) is 0 Å². The number of anilines is 2. The maximum absolute atomic E-state index is 12.3. The van der Waals surface area contributed by atoms with Crippen LogP contribution in [0.25, 0.3) is 22.3 Å². The number of halogens is 1. The summed E-state index contributed by atoms with van der Waals surface area (Å²) in [5.41, 5.74) is 3.80. The van der Waals surface area contributed by atoms with Crippen LogP contribution in [0.2, 0.25) is 5.02 Å². The van der Waals surface area contributed by atoms with E-state index in [9.17, 15) is 4.79 Å². The van der Waals surface area contributed by atoms with Crippen LogP contribution in [0, 0.1) is 0 Å². The lowest BCUT2D eigenvalue weighted by molar-refractivity contribution is 0.0988. The Morgan fingerprint density at radius 2 is 2.07 bits per heavy atom. The van der Waals surface area contributed by atoms with Gasteiger partial charge in [0.15, 0.2) is 11.6 Å². The molecule has 0 fully saturated rings. The monoisotopic (exact) mass is 435 g/mol. The highest BCUT2D eigenvalue weighted by Crippen LogP contribution is 2.33. The highest BCUT2D eigenvalue weighted by atomic mass is 35.5. The first-order valence-electron chi connectivity index (χ1n) is 9.01. The number of ketones is 1. The van der Waals surface area contributed by atoms with Crippen molar-refractivity contribution in [3.05, 3.63) is 71.1 Å². The van der Waals surface area contributed by atoms with Crippen molar-refractivity contribution < 1.29 is 4.79 Å². The molecule has 0 saturated carbocycles. The Kier molecular flexibility index (Phi) is 4.74. The van der Waals surface area contributed by atoms with E-state index in [1.165, 1.54) is 11.5 Å². The van der Waals surface area contributed by atoms with E-state index in [2.05, 4.69) is 35.1 Å². The molecule has 0 saturated heterocycles. The van der Waals surface area contributed by atoms with Gasteiger partial charge in [0.2, 0.25) is 5.13 Å². The van der Waals surface area contributed by atoms with Gasteiger partial charge >= 0.3 is 0 Å². The van der Waals surface area contributed by atoms with E-state index in [0.29, 0.717) is 21.7 Å². The number of hydrogen-bond acceptors (Lipinski definition) is 7. The average molecular weight is 436 g/mol. The number of Topliss-reactive ketones (excluding diaryl/α,β-unsaturated/α-hetero) is 1. The van der Waals surface area contributed by atoms with Gasteiger partial charge in [-0.2, -0.15) is 19.6 Å². The first kappa shape index (κ1) is 18.5. The SMILES string of the molecule is O=C(Cc1cccc(-c2nsc(Nc3ccc4[nH]ncc4c3Cl)n2)c1)c1ccn[nH]1. The number of nitrogens with zero attached hydrogens (tertiary/aromatic N) is 4. The number of aromatic nitrogens is 6. The van der Waals surface area contributed by atoms with Crippen molar-refractivity contribution >= 4 is 50.6 Å². The molecular weight excluding hydrogens is 422 g/mol. The third-order valence-corrected chi connectivity index (χ3v) is 5.61. The normalized spacial score (nSPS) is 11.1. The van der Waals surface area contributed by atoms with Crippen LogP contribution in [-0.2, 0) is 6.42 Å². The van der Waals surface area contributed by atoms with Crippen LogP contribution in [0.15, 0.2) is 54.9 Å². The number of carbonyl (C=O) groups excluding carboxylic acids is 1. The fraction of sp³-hybridized carbons (Fsp3) is 0.0500. The molecule has 0 atom stereocenters. The standard InChI is InChI=1S/C20H14ClN7OS/c21-18-13-10-23-26-14(13)4-5-16(18)24-20-25-19(28-30-20)12-3-1-2-11(8-12)9-17(29)15-6-7-22-27-15/h1-8,10H,9H2,(H,22,27)(H,23,26)(H,24,25,28). The van der Waals surface area contributed by atoms with E-state index in [0.717, 1.165) is 27.7 Å². The fourth-order valence-corrected chi connectivity index (χ4v) is 3.96. The quantitative estimate of drug-likeness (QED) is 0.335. The van der Waals surface area contributed by atoms with Crippen molar-refractivity contribution in [3.8, 4) is 11.4 Å². The Balaban J connectivity index is 1.36. The fourth-order valence-electron chi connectivity index (χ4n) is 3.10. The molecule has 30 heavy (non-hydrogen) atoms. The summed E-state index contributed by atoms with van der Waals surface area (Å²) in [6, 6.07) is 13.1. The van der Waals surface area contributed by atoms with Gasteiger partial charge in [-0.1, -0.05) is 29.8 Å². The van der Waals surface area contributed by atoms with Crippen LogP contribution in [0.4, 0.5) is 10.8 Å². The van der Waals surface area contributed by atoms with Crippen LogP contribution in [0.1, 0.15) is 16.1 Å². The third kappa shape index (κ3) is 3.56. The number of rotatable bonds is 6. The second kappa shape index (κ2) is 7.69. The molecule has 0 spiro atoms. The Morgan fingerprint density at radius 1 is 1.13 bits per heavy atom. The molecule has 5 rings (SSSR count). The van der Waals surface area contributed by atoms with Gasteiger partial charge in [-0.15, -0.1) is 0 Å². The van der Waals surface area contributed by atoms with E-state index in [1.54, 1.807) is 18.5 Å². The molecule has 0 unspecified atom stereocenters. The molecule has 0 radical (unpaired) electrons. The highest BCUT2D eigenvalue weighted by molar-refractivity contribution is 7.10. The minimum Gasteiger partial charge on any atom is -0.329 e. The largest absolute Gasteiger partial charge is 0.329 e. The molecule has 5 aromatic rings. The smallest absolute Gasteiger partial charge is 0.207 e. The van der Waals surface area contributed by atoms with Crippen molar-refractivity contribution in [1.82, 2.24) is 29.8 Å². The summed E-state index contributed by atoms with van der Waals surface area (Å²) < 4.78 is 4.44. The predicted molar refractivity (Wildman–Crippen MR) is 116 cm³/mol. The summed E-state index contributed by atoms with van der Waals surface area (Å²) in [4.78, 5) is 16.9. The summed E-state index contributed by atoms with van der Waals surface area (Å²) in [7, 11) is 0. The predicted octanol–water partition coefficient (Wildman–Crippen LogP) is 4.63. The van der Waals surface area contributed by atoms with Crippen molar-refractivity contribution in [2.24, 2.45) is 0 Å². The van der Waals surface area contributed by atoms with Gasteiger partial charge in [-0.25, -0.2) is 0 Å². The molecule has 148 valence electrons. The van der Waals surface area contributed by atoms with Crippen LogP contribution in [-0.4, -0.2) is 35.5 Å². The lowest BCUT2D eigenvalue weighted by Crippen LogP contribution is -2.04. The molecule has 0 aliphatic carbocycles. The summed E-state index contributed by atoms with van der Waals surface area (Å²) >= 11 is 7.70. The van der Waals surface area contributed by atoms with E-state index >= 15 is 0 Å². The van der Waals surface area contributed by atoms with Gasteiger partial charge in [0, 0.05) is 35.1 Å². The summed E-state index contributed by atoms with van der Waals surface area (Å²) in [5.74, 6) is 0.557. The third-order valence-electron chi connectivity index (χ3n) is 4.58. The van der Waals surface area contributed by atoms with Gasteiger partial charge in [0.05, 0.1) is 22.4 Å². The number of fused-ring (bicyclic) bond motifs is 1. The molecule has 0 amide bonds. The maximum Gasteiger partial charge on any atom is 0.207 e. The van der Waals surface area contributed by atoms with Crippen molar-refractivity contribution in [2.75, 3.05) is 5.32 Å². The van der Waals surface area contributed by atoms with Gasteiger partial charge in [0.25, 0.3) is 0 Å². The zero-order valence-corrected chi connectivity index (χ0v) is 17.0. The Morgan fingerprint density at radius 3 is 2.93 bits per heavy atom. The van der Waals surface area contributed by atoms with E-state index in [-0.39, 0.29) is 12.2 Å². The van der Waals surface area contributed by atoms with Crippen LogP contribution in [0.5, 0.6) is 0 Å². The van der Waals surface area contributed by atoms with Crippen molar-refractivity contribution in [1.29, 1.82) is 0 Å². The van der Waals surface area contributed by atoms with Crippen LogP contribution >= 0.6 is 23.1 Å². The van der Waals surface area contributed by atoms with Crippen LogP contribution in [0.3, 0.4) is 0 Å². The second-order valence-electron chi connectivity index (χ2n) is 6.58. The molecule has 0 bridgehead atoms. The lowest BCUT2D eigenvalue weighted by atomic mass is 10.0. The molecular formula is C20H14ClN7OS. The van der Waals surface area contributed by atoms with Crippen molar-refractivity contribution in [2.45, 2.75) is 6.42 Å². The zero-order valence-electron chi connectivity index (χ0n) is 15.4. The maximum atomic E-state index is 12.3. The molecule has 3 aromatic heterocycles. The first-order chi connectivity index (χ1) is 14.7. The number of hydrogen-bond donors (Lipinski definition) is 3. The van der Waals surface area contributed by atoms with Gasteiger partial charge in [-0.05, 0) is 29.8 Å². The summed E-state index contributed by atoms with van der Waals surface area (Å²) in [6.45, 7) is 0. The van der Waals surface area contributed by atoms with E-state index in [1.807, 2.05) is 36.4 Å². The van der Waals surface area contributed by atoms with Gasteiger partial charge < -0.3 is 5.32 Å². The lowest BCUT2D eigenvalue weighted by Gasteiger charge is -2.05. The number of nitrogens with one attached hydrogen (secondary N) is 3. The number of carbonyl (C=O) groups is 1. The average Bonchev–Trinajstić information content (AvgIpc) is 3.52. The molecule has 3 heterocycles. The molecule has 3 N–H and O–H groups in total. The second-order valence-corrected chi connectivity index (χ2v) is 7.71. The number of H-pyrrole nitrogens is 2. The zero-order chi connectivity index (χ0) is 20.5. The molecule has 2 aromatic carbocycles. The topological polar surface area (TPSA) is 112 Å². The van der Waals surface area contributed by atoms with Gasteiger partial charge in [-0.3, -0.25) is 15.0 Å². The molecule has 8 nitrogen and oxygen atoms in total. The Hall–Kier alpha value is -3.56. The summed E-state index contributed by atoms with van der Waals surface area (Å²) in [6.07, 6.45) is 3.52. The number of aromatic amines is 2. The van der Waals surface area contributed by atoms with E-state index < -0.39 is 0 Å². The Labute approximate surface area is 179 Å². The van der Waals surface area contributed by atoms with Gasteiger partial charge in [0.1, 0.15) is 5.69 Å². The van der Waals surface area contributed by atoms with Crippen LogP contribution < -0.4 is 5.32 Å². The summed E-state index contributed by atoms with van der Waals surface area (Å²) in [5, 5.41) is 18.6. The number of benzene rings is 2. The highest BCUT2D eigenvalue weighted by Gasteiger charge is 2.13. The Bertz CT molecular complexity index is 1340. The minimum absolute atomic E-state index is 0.0254. The molecule has 0 aliphatic heterocycles. The minimum atomic E-state index is -0.0254. The molecule has 10 heteroatoms. The molecule has 0 aliphatic rings. The first-order valence-corrected chi connectivity index (χ1v) is 10.2.